The number of hydrogen-bond donors (Lipinski definition) is 2. The average Bonchev–Trinajstić information content (AvgIpc) is 2.92. The molecule has 0 spiro atoms. The second kappa shape index (κ2) is 6.29. The van der Waals surface area contributed by atoms with Gasteiger partial charge in [-0.05, 0) is 30.2 Å². The Morgan fingerprint density at radius 2 is 2.26 bits per heavy atom. The van der Waals surface area contributed by atoms with Crippen LogP contribution in [0.1, 0.15) is 5.56 Å². The molecule has 120 valence electrons. The first-order valence-corrected chi connectivity index (χ1v) is 7.36. The molecule has 0 saturated carbocycles. The largest absolute Gasteiger partial charge is 0.492 e. The number of aliphatic carboxylic acids is 1. The monoisotopic (exact) mass is 335 g/mol. The molecule has 1 aromatic heterocycles. The van der Waals surface area contributed by atoms with Crippen LogP contribution in [0, 0.1) is 5.92 Å². The molecular formula is C15H14ClN3O4. The number of fused-ring (bicyclic) bond motifs is 1. The van der Waals surface area contributed by atoms with Crippen LogP contribution in [0.3, 0.4) is 0 Å². The lowest BCUT2D eigenvalue weighted by molar-refractivity contribution is -0.137. The molecule has 7 nitrogen and oxygen atoms in total. The summed E-state index contributed by atoms with van der Waals surface area (Å²) in [7, 11) is 0. The summed E-state index contributed by atoms with van der Waals surface area (Å²) in [5.41, 5.74) is 0.889. The van der Waals surface area contributed by atoms with Gasteiger partial charge in [0.05, 0.1) is 5.92 Å². The predicted octanol–water partition coefficient (Wildman–Crippen LogP) is 1.81. The third-order valence-electron chi connectivity index (χ3n) is 3.49. The molecule has 2 heterocycles. The molecule has 0 aliphatic carbocycles. The van der Waals surface area contributed by atoms with Crippen molar-refractivity contribution in [2.45, 2.75) is 13.0 Å². The summed E-state index contributed by atoms with van der Waals surface area (Å²) < 4.78 is 6.83. The SMILES string of the molecule is O=C(O)Cn1ccc(NC(=O)[C@H]2COc3ccc(Cl)cc3C2)n1. The summed E-state index contributed by atoms with van der Waals surface area (Å²) in [6.07, 6.45) is 2.02. The molecule has 3 rings (SSSR count). The maximum absolute atomic E-state index is 12.3. The van der Waals surface area contributed by atoms with Gasteiger partial charge in [0.2, 0.25) is 5.91 Å². The van der Waals surface area contributed by atoms with Gasteiger partial charge >= 0.3 is 5.97 Å². The van der Waals surface area contributed by atoms with Crippen LogP contribution in [0.2, 0.25) is 5.02 Å². The number of hydrogen-bond acceptors (Lipinski definition) is 4. The average molecular weight is 336 g/mol. The van der Waals surface area contributed by atoms with Crippen LogP contribution in [-0.2, 0) is 22.6 Å². The first-order chi connectivity index (χ1) is 11.0. The summed E-state index contributed by atoms with van der Waals surface area (Å²) in [6.45, 7) is 0.0184. The quantitative estimate of drug-likeness (QED) is 0.888. The number of carbonyl (C=O) groups is 2. The number of ether oxygens (including phenoxy) is 1. The van der Waals surface area contributed by atoms with Crippen LogP contribution in [0.5, 0.6) is 5.75 Å². The molecule has 1 amide bonds. The van der Waals surface area contributed by atoms with Gasteiger partial charge < -0.3 is 15.2 Å². The molecule has 1 aliphatic rings. The van der Waals surface area contributed by atoms with Crippen molar-refractivity contribution >= 4 is 29.3 Å². The topological polar surface area (TPSA) is 93.5 Å². The maximum Gasteiger partial charge on any atom is 0.325 e. The highest BCUT2D eigenvalue weighted by atomic mass is 35.5. The number of rotatable bonds is 4. The lowest BCUT2D eigenvalue weighted by Gasteiger charge is -2.24. The Morgan fingerprint density at radius 3 is 3.04 bits per heavy atom. The summed E-state index contributed by atoms with van der Waals surface area (Å²) in [6, 6.07) is 6.88. The molecule has 0 saturated heterocycles. The summed E-state index contributed by atoms with van der Waals surface area (Å²) in [4.78, 5) is 22.9. The molecule has 2 aromatic rings. The van der Waals surface area contributed by atoms with E-state index in [1.54, 1.807) is 24.3 Å². The Balaban J connectivity index is 1.65. The second-order valence-electron chi connectivity index (χ2n) is 5.25. The summed E-state index contributed by atoms with van der Waals surface area (Å²) in [5.74, 6) is -0.528. The van der Waals surface area contributed by atoms with Gasteiger partial charge in [0.1, 0.15) is 18.9 Å². The smallest absolute Gasteiger partial charge is 0.325 e. The van der Waals surface area contributed by atoms with Crippen molar-refractivity contribution in [1.29, 1.82) is 0 Å². The Hall–Kier alpha value is -2.54. The third kappa shape index (κ3) is 3.62. The van der Waals surface area contributed by atoms with Crippen molar-refractivity contribution in [3.63, 3.8) is 0 Å². The molecule has 2 N–H and O–H groups in total. The zero-order chi connectivity index (χ0) is 16.4. The molecule has 0 unspecified atom stereocenters. The zero-order valence-electron chi connectivity index (χ0n) is 12.0. The van der Waals surface area contributed by atoms with Crippen molar-refractivity contribution < 1.29 is 19.4 Å². The lowest BCUT2D eigenvalue weighted by Crippen LogP contribution is -2.32. The van der Waals surface area contributed by atoms with Gasteiger partial charge in [-0.25, -0.2) is 0 Å². The van der Waals surface area contributed by atoms with E-state index in [1.165, 1.54) is 10.9 Å². The number of carbonyl (C=O) groups excluding carboxylic acids is 1. The lowest BCUT2D eigenvalue weighted by atomic mass is 9.96. The fourth-order valence-electron chi connectivity index (χ4n) is 2.41. The first kappa shape index (κ1) is 15.4. The molecule has 1 aromatic carbocycles. The molecule has 0 fully saturated rings. The Morgan fingerprint density at radius 1 is 1.43 bits per heavy atom. The van der Waals surface area contributed by atoms with Gasteiger partial charge in [-0.3, -0.25) is 14.3 Å². The number of halogens is 1. The van der Waals surface area contributed by atoms with E-state index in [0.29, 0.717) is 17.3 Å². The minimum atomic E-state index is -1.000. The van der Waals surface area contributed by atoms with E-state index >= 15 is 0 Å². The minimum Gasteiger partial charge on any atom is -0.492 e. The molecule has 1 atom stereocenters. The van der Waals surface area contributed by atoms with E-state index in [9.17, 15) is 9.59 Å². The van der Waals surface area contributed by atoms with E-state index < -0.39 is 5.97 Å². The van der Waals surface area contributed by atoms with E-state index in [1.807, 2.05) is 0 Å². The minimum absolute atomic E-state index is 0.226. The normalized spacial score (nSPS) is 16.3. The van der Waals surface area contributed by atoms with Gasteiger partial charge in [0.25, 0.3) is 0 Å². The number of amides is 1. The number of benzene rings is 1. The van der Waals surface area contributed by atoms with Gasteiger partial charge in [-0.1, -0.05) is 11.6 Å². The zero-order valence-corrected chi connectivity index (χ0v) is 12.8. The molecule has 23 heavy (non-hydrogen) atoms. The highest BCUT2D eigenvalue weighted by molar-refractivity contribution is 6.30. The molecule has 0 bridgehead atoms. The van der Waals surface area contributed by atoms with Crippen LogP contribution in [0.25, 0.3) is 0 Å². The highest BCUT2D eigenvalue weighted by Gasteiger charge is 2.26. The summed E-state index contributed by atoms with van der Waals surface area (Å²) in [5, 5.41) is 16.0. The summed E-state index contributed by atoms with van der Waals surface area (Å²) >= 11 is 5.96. The van der Waals surface area contributed by atoms with Gasteiger partial charge in [-0.15, -0.1) is 0 Å². The third-order valence-corrected chi connectivity index (χ3v) is 3.72. The van der Waals surface area contributed by atoms with Crippen molar-refractivity contribution in [2.24, 2.45) is 5.92 Å². The van der Waals surface area contributed by atoms with E-state index in [0.717, 1.165) is 11.3 Å². The highest BCUT2D eigenvalue weighted by Crippen LogP contribution is 2.30. The maximum atomic E-state index is 12.3. The van der Waals surface area contributed by atoms with Crippen molar-refractivity contribution in [2.75, 3.05) is 11.9 Å². The van der Waals surface area contributed by atoms with Gasteiger partial charge in [0, 0.05) is 17.3 Å². The van der Waals surface area contributed by atoms with E-state index in [2.05, 4.69) is 10.4 Å². The second-order valence-corrected chi connectivity index (χ2v) is 5.68. The molecule has 1 aliphatic heterocycles. The number of nitrogens with one attached hydrogen (secondary N) is 1. The van der Waals surface area contributed by atoms with Crippen LogP contribution >= 0.6 is 11.6 Å². The fraction of sp³-hybridized carbons (Fsp3) is 0.267. The van der Waals surface area contributed by atoms with Crippen LogP contribution < -0.4 is 10.1 Å². The van der Waals surface area contributed by atoms with Crippen LogP contribution in [-0.4, -0.2) is 33.4 Å². The molecular weight excluding hydrogens is 322 g/mol. The number of carboxylic acids is 1. The van der Waals surface area contributed by atoms with E-state index in [-0.39, 0.29) is 25.0 Å². The van der Waals surface area contributed by atoms with Gasteiger partial charge in [0.15, 0.2) is 5.82 Å². The fourth-order valence-corrected chi connectivity index (χ4v) is 2.61. The van der Waals surface area contributed by atoms with Gasteiger partial charge in [-0.2, -0.15) is 5.10 Å². The predicted molar refractivity (Wildman–Crippen MR) is 82.6 cm³/mol. The first-order valence-electron chi connectivity index (χ1n) is 6.98. The number of aromatic nitrogens is 2. The van der Waals surface area contributed by atoms with Crippen molar-refractivity contribution in [1.82, 2.24) is 9.78 Å². The molecule has 0 radical (unpaired) electrons. The molecule has 8 heteroatoms. The van der Waals surface area contributed by atoms with Crippen molar-refractivity contribution in [3.8, 4) is 5.75 Å². The number of carboxylic acid groups (broad SMARTS) is 1. The Kier molecular flexibility index (Phi) is 4.20. The Bertz CT molecular complexity index is 759. The number of anilines is 1. The van der Waals surface area contributed by atoms with E-state index in [4.69, 9.17) is 21.4 Å². The number of nitrogens with zero attached hydrogens (tertiary/aromatic N) is 2. The van der Waals surface area contributed by atoms with Crippen LogP contribution in [0.4, 0.5) is 5.82 Å². The van der Waals surface area contributed by atoms with Crippen molar-refractivity contribution in [3.05, 3.63) is 41.0 Å². The Labute approximate surface area is 136 Å². The van der Waals surface area contributed by atoms with Crippen LogP contribution in [0.15, 0.2) is 30.5 Å². The standard InChI is InChI=1S/C15H14ClN3O4/c16-11-1-2-12-9(6-11)5-10(8-23-12)15(22)17-13-3-4-19(18-13)7-14(20)21/h1-4,6,10H,5,7-8H2,(H,20,21)(H,17,18,22)/t10-/m1/s1.